The summed E-state index contributed by atoms with van der Waals surface area (Å²) in [6.07, 6.45) is 2.44. The topological polar surface area (TPSA) is 163 Å². The second-order valence-electron chi connectivity index (χ2n) is 7.23. The highest BCUT2D eigenvalue weighted by atomic mass is 16.6. The van der Waals surface area contributed by atoms with Gasteiger partial charge in [-0.1, -0.05) is 12.1 Å². The predicted octanol–water partition coefficient (Wildman–Crippen LogP) is 3.26. The molecule has 1 fully saturated rings. The van der Waals surface area contributed by atoms with Crippen LogP contribution in [-0.4, -0.2) is 46.9 Å². The Labute approximate surface area is 203 Å². The molecule has 0 radical (unpaired) electrons. The molecule has 0 unspecified atom stereocenters. The van der Waals surface area contributed by atoms with E-state index < -0.39 is 22.8 Å². The Morgan fingerprint density at radius 3 is 2.67 bits per heavy atom. The van der Waals surface area contributed by atoms with Crippen molar-refractivity contribution in [3.63, 3.8) is 0 Å². The third-order valence-electron chi connectivity index (χ3n) is 4.99. The molecule has 0 saturated carbocycles. The molecule has 184 valence electrons. The van der Waals surface area contributed by atoms with Gasteiger partial charge in [0.05, 0.1) is 25.7 Å². The van der Waals surface area contributed by atoms with E-state index in [9.17, 15) is 24.5 Å². The van der Waals surface area contributed by atoms with E-state index in [2.05, 4.69) is 15.0 Å². The van der Waals surface area contributed by atoms with E-state index in [1.54, 1.807) is 18.2 Å². The summed E-state index contributed by atoms with van der Waals surface area (Å²) in [5.41, 5.74) is 0.111. The van der Waals surface area contributed by atoms with Crippen LogP contribution in [0.15, 0.2) is 58.8 Å². The molecule has 3 amide bonds. The van der Waals surface area contributed by atoms with Gasteiger partial charge in [-0.2, -0.15) is 0 Å². The van der Waals surface area contributed by atoms with Crippen LogP contribution in [0.1, 0.15) is 21.9 Å². The molecule has 1 N–H and O–H groups in total. The highest BCUT2D eigenvalue weighted by molar-refractivity contribution is 6.14. The molecule has 2 aromatic heterocycles. The number of esters is 1. The van der Waals surface area contributed by atoms with Crippen LogP contribution in [0.4, 0.5) is 10.5 Å². The highest BCUT2D eigenvalue weighted by Gasteiger charge is 2.34. The zero-order chi connectivity index (χ0) is 25.8. The molecular formula is C23H18N4O9. The fourth-order valence-electron chi connectivity index (χ4n) is 3.26. The number of hydrogen-bond acceptors (Lipinski definition) is 10. The van der Waals surface area contributed by atoms with E-state index in [-0.39, 0.29) is 41.1 Å². The Bertz CT molecular complexity index is 1380. The number of nitro groups is 1. The summed E-state index contributed by atoms with van der Waals surface area (Å²) in [5.74, 6) is -0.673. The number of benzene rings is 1. The van der Waals surface area contributed by atoms with Crippen LogP contribution < -0.4 is 14.8 Å². The quantitative estimate of drug-likeness (QED) is 0.162. The average Bonchev–Trinajstić information content (AvgIpc) is 3.45. The molecule has 13 heteroatoms. The van der Waals surface area contributed by atoms with Gasteiger partial charge in [0, 0.05) is 17.7 Å². The lowest BCUT2D eigenvalue weighted by Gasteiger charge is -2.12. The third kappa shape index (κ3) is 4.84. The highest BCUT2D eigenvalue weighted by Crippen LogP contribution is 2.36. The third-order valence-corrected chi connectivity index (χ3v) is 4.99. The molecule has 1 saturated heterocycles. The molecule has 1 aromatic carbocycles. The van der Waals surface area contributed by atoms with Crippen molar-refractivity contribution in [2.75, 3.05) is 14.2 Å². The minimum absolute atomic E-state index is 0.0468. The van der Waals surface area contributed by atoms with Crippen molar-refractivity contribution in [2.24, 2.45) is 0 Å². The number of nitrogens with one attached hydrogen (secondary N) is 1. The summed E-state index contributed by atoms with van der Waals surface area (Å²) in [4.78, 5) is 52.1. The van der Waals surface area contributed by atoms with Crippen molar-refractivity contribution < 1.29 is 37.9 Å². The minimum atomic E-state index is -0.690. The Morgan fingerprint density at radius 1 is 1.19 bits per heavy atom. The number of carbonyl (C=O) groups is 3. The van der Waals surface area contributed by atoms with Crippen molar-refractivity contribution in [1.29, 1.82) is 0 Å². The molecule has 0 spiro atoms. The number of amides is 3. The number of pyridine rings is 1. The second-order valence-corrected chi connectivity index (χ2v) is 7.23. The molecule has 1 aliphatic rings. The SMILES string of the molecule is COC(=O)c1ccc(CN2C(=O)N/C(=C/c3cccc(OC)c3Oc3ccc([N+](=O)[O-])cn3)C2=O)o1. The van der Waals surface area contributed by atoms with Gasteiger partial charge in [0.15, 0.2) is 11.5 Å². The number of imide groups is 1. The first-order valence-corrected chi connectivity index (χ1v) is 10.3. The molecule has 0 atom stereocenters. The molecule has 1 aliphatic heterocycles. The normalized spacial score (nSPS) is 14.1. The van der Waals surface area contributed by atoms with Gasteiger partial charge >= 0.3 is 12.0 Å². The van der Waals surface area contributed by atoms with Gasteiger partial charge in [0.1, 0.15) is 17.7 Å². The number of ether oxygens (including phenoxy) is 3. The van der Waals surface area contributed by atoms with Gasteiger partial charge < -0.3 is 23.9 Å². The minimum Gasteiger partial charge on any atom is -0.493 e. The van der Waals surface area contributed by atoms with E-state index in [0.717, 1.165) is 11.1 Å². The van der Waals surface area contributed by atoms with Crippen molar-refractivity contribution in [3.8, 4) is 17.4 Å². The van der Waals surface area contributed by atoms with Crippen LogP contribution in [0, 0.1) is 10.1 Å². The van der Waals surface area contributed by atoms with Crippen LogP contribution in [-0.2, 0) is 16.1 Å². The largest absolute Gasteiger partial charge is 0.493 e. The summed E-state index contributed by atoms with van der Waals surface area (Å²) in [6, 6.07) is 9.57. The first kappa shape index (κ1) is 23.9. The van der Waals surface area contributed by atoms with Gasteiger partial charge in [0.2, 0.25) is 11.6 Å². The first-order valence-electron chi connectivity index (χ1n) is 10.3. The molecule has 36 heavy (non-hydrogen) atoms. The molecular weight excluding hydrogens is 476 g/mol. The summed E-state index contributed by atoms with van der Waals surface area (Å²) in [6.45, 7) is -0.215. The lowest BCUT2D eigenvalue weighted by atomic mass is 10.1. The number of para-hydroxylation sites is 1. The van der Waals surface area contributed by atoms with Gasteiger partial charge in [-0.05, 0) is 24.3 Å². The Balaban J connectivity index is 1.59. The van der Waals surface area contributed by atoms with Crippen LogP contribution in [0.5, 0.6) is 17.4 Å². The molecule has 13 nitrogen and oxygen atoms in total. The van der Waals surface area contributed by atoms with Crippen LogP contribution in [0.2, 0.25) is 0 Å². The van der Waals surface area contributed by atoms with Crippen LogP contribution in [0.3, 0.4) is 0 Å². The van der Waals surface area contributed by atoms with E-state index in [1.165, 1.54) is 44.6 Å². The average molecular weight is 494 g/mol. The Morgan fingerprint density at radius 2 is 2.00 bits per heavy atom. The summed E-state index contributed by atoms with van der Waals surface area (Å²) < 4.78 is 21.0. The number of rotatable bonds is 8. The number of nitrogens with zero attached hydrogens (tertiary/aromatic N) is 3. The smallest absolute Gasteiger partial charge is 0.373 e. The fraction of sp³-hybridized carbons (Fsp3) is 0.130. The maximum absolute atomic E-state index is 12.9. The number of urea groups is 1. The van der Waals surface area contributed by atoms with Crippen molar-refractivity contribution >= 4 is 29.7 Å². The molecule has 0 bridgehead atoms. The number of hydrogen-bond donors (Lipinski definition) is 1. The van der Waals surface area contributed by atoms with Crippen molar-refractivity contribution in [3.05, 3.63) is 81.6 Å². The number of furan rings is 1. The van der Waals surface area contributed by atoms with E-state index in [1.807, 2.05) is 0 Å². The maximum Gasteiger partial charge on any atom is 0.373 e. The lowest BCUT2D eigenvalue weighted by molar-refractivity contribution is -0.385. The molecule has 0 aliphatic carbocycles. The Hall–Kier alpha value is -5.20. The van der Waals surface area contributed by atoms with Gasteiger partial charge in [0.25, 0.3) is 11.6 Å². The van der Waals surface area contributed by atoms with Gasteiger partial charge in [-0.25, -0.2) is 14.6 Å². The number of aromatic nitrogens is 1. The number of carbonyl (C=O) groups excluding carboxylic acids is 3. The molecule has 3 aromatic rings. The maximum atomic E-state index is 12.9. The number of methoxy groups -OCH3 is 2. The first-order chi connectivity index (χ1) is 17.3. The molecule has 3 heterocycles. The van der Waals surface area contributed by atoms with Gasteiger partial charge in [-0.15, -0.1) is 0 Å². The predicted molar refractivity (Wildman–Crippen MR) is 121 cm³/mol. The molecule has 4 rings (SSSR count). The van der Waals surface area contributed by atoms with Crippen molar-refractivity contribution in [1.82, 2.24) is 15.2 Å². The van der Waals surface area contributed by atoms with Crippen LogP contribution >= 0.6 is 0 Å². The van der Waals surface area contributed by atoms with Gasteiger partial charge in [-0.3, -0.25) is 19.8 Å². The summed E-state index contributed by atoms with van der Waals surface area (Å²) >= 11 is 0. The van der Waals surface area contributed by atoms with E-state index >= 15 is 0 Å². The van der Waals surface area contributed by atoms with E-state index in [4.69, 9.17) is 13.9 Å². The Kier molecular flexibility index (Phi) is 6.63. The summed E-state index contributed by atoms with van der Waals surface area (Å²) in [7, 11) is 2.62. The van der Waals surface area contributed by atoms with E-state index in [0.29, 0.717) is 11.3 Å². The van der Waals surface area contributed by atoms with Crippen molar-refractivity contribution in [2.45, 2.75) is 6.54 Å². The van der Waals surface area contributed by atoms with Crippen LogP contribution in [0.25, 0.3) is 6.08 Å². The summed E-state index contributed by atoms with van der Waals surface area (Å²) in [5, 5.41) is 13.4. The standard InChI is InChI=1S/C23H18N4O9/c1-33-17-5-3-4-13(20(17)36-19-9-6-14(11-24-19)27(31)32)10-16-21(28)26(23(30)25-16)12-15-7-8-18(35-15)22(29)34-2/h3-11H,12H2,1-2H3,(H,25,30)/b16-10+. The monoisotopic (exact) mass is 494 g/mol. The second kappa shape index (κ2) is 9.97. The zero-order valence-corrected chi connectivity index (χ0v) is 18.9. The fourth-order valence-corrected chi connectivity index (χ4v) is 3.26. The zero-order valence-electron chi connectivity index (χ0n) is 18.9. The lowest BCUT2D eigenvalue weighted by Crippen LogP contribution is -2.30.